The summed E-state index contributed by atoms with van der Waals surface area (Å²) in [6.07, 6.45) is 1.73. The maximum Gasteiger partial charge on any atom is 0.257 e. The van der Waals surface area contributed by atoms with Crippen molar-refractivity contribution in [3.8, 4) is 11.5 Å². The van der Waals surface area contributed by atoms with Crippen molar-refractivity contribution in [3.05, 3.63) is 52.7 Å². The highest BCUT2D eigenvalue weighted by atomic mass is 16.5. The lowest BCUT2D eigenvalue weighted by molar-refractivity contribution is 0.392. The normalized spacial score (nSPS) is 11.1. The molecule has 1 N–H and O–H groups in total. The lowest BCUT2D eigenvalue weighted by atomic mass is 10.1. The van der Waals surface area contributed by atoms with Gasteiger partial charge < -0.3 is 14.4 Å². The molecule has 0 saturated carbocycles. The number of nitrogens with one attached hydrogen (secondary N) is 1. The van der Waals surface area contributed by atoms with Gasteiger partial charge in [-0.15, -0.1) is 0 Å². The minimum Gasteiger partial charge on any atom is -0.361 e. The predicted octanol–water partition coefficient (Wildman–Crippen LogP) is 3.24. The Morgan fingerprint density at radius 1 is 1.04 bits per heavy atom. The second kappa shape index (κ2) is 7.40. The van der Waals surface area contributed by atoms with E-state index < -0.39 is 0 Å². The fourth-order valence-corrected chi connectivity index (χ4v) is 2.53. The summed E-state index contributed by atoms with van der Waals surface area (Å²) in [6, 6.07) is 8.25. The van der Waals surface area contributed by atoms with Gasteiger partial charge in [-0.2, -0.15) is 4.98 Å². The van der Waals surface area contributed by atoms with Gasteiger partial charge in [-0.3, -0.25) is 0 Å². The van der Waals surface area contributed by atoms with Gasteiger partial charge in [0.05, 0.1) is 5.69 Å². The first-order valence-electron chi connectivity index (χ1n) is 8.21. The van der Waals surface area contributed by atoms with E-state index >= 15 is 0 Å². The van der Waals surface area contributed by atoms with Crippen molar-refractivity contribution in [2.45, 2.75) is 40.2 Å². The summed E-state index contributed by atoms with van der Waals surface area (Å²) < 4.78 is 10.4. The molecule has 24 heavy (non-hydrogen) atoms. The zero-order valence-corrected chi connectivity index (χ0v) is 14.3. The molecule has 0 amide bonds. The highest BCUT2D eigenvalue weighted by Crippen LogP contribution is 2.18. The SMILES string of the molecule is CCc1noc(-c2ccc(CCNCc3c(C)noc3C)cc2)n1. The molecule has 2 aromatic heterocycles. The first-order chi connectivity index (χ1) is 11.7. The van der Waals surface area contributed by atoms with Crippen molar-refractivity contribution in [3.63, 3.8) is 0 Å². The third-order valence-corrected chi connectivity index (χ3v) is 4.06. The number of rotatable bonds is 7. The summed E-state index contributed by atoms with van der Waals surface area (Å²) >= 11 is 0. The van der Waals surface area contributed by atoms with Crippen LogP contribution in [-0.4, -0.2) is 21.8 Å². The zero-order valence-electron chi connectivity index (χ0n) is 14.3. The fraction of sp³-hybridized carbons (Fsp3) is 0.389. The molecule has 0 fully saturated rings. The molecule has 0 unspecified atom stereocenters. The summed E-state index contributed by atoms with van der Waals surface area (Å²) in [6.45, 7) is 7.59. The number of aryl methyl sites for hydroxylation is 3. The molecule has 6 heteroatoms. The molecule has 126 valence electrons. The Morgan fingerprint density at radius 3 is 2.46 bits per heavy atom. The van der Waals surface area contributed by atoms with Gasteiger partial charge in [0, 0.05) is 24.1 Å². The topological polar surface area (TPSA) is 77.0 Å². The van der Waals surface area contributed by atoms with E-state index in [1.54, 1.807) is 0 Å². The Labute approximate surface area is 141 Å². The van der Waals surface area contributed by atoms with Crippen LogP contribution >= 0.6 is 0 Å². The van der Waals surface area contributed by atoms with Crippen LogP contribution in [0.5, 0.6) is 0 Å². The molecule has 3 aromatic rings. The second-order valence-electron chi connectivity index (χ2n) is 5.80. The Bertz CT molecular complexity index is 770. The van der Waals surface area contributed by atoms with Crippen LogP contribution in [0.2, 0.25) is 0 Å². The Kier molecular flexibility index (Phi) is 5.05. The Balaban J connectivity index is 1.51. The van der Waals surface area contributed by atoms with E-state index in [9.17, 15) is 0 Å². The Hall–Kier alpha value is -2.47. The van der Waals surface area contributed by atoms with Crippen molar-refractivity contribution in [1.29, 1.82) is 0 Å². The Morgan fingerprint density at radius 2 is 1.83 bits per heavy atom. The van der Waals surface area contributed by atoms with Gasteiger partial charge in [-0.1, -0.05) is 29.4 Å². The van der Waals surface area contributed by atoms with E-state index in [1.807, 2.05) is 32.9 Å². The molecular formula is C18H22N4O2. The molecule has 6 nitrogen and oxygen atoms in total. The highest BCUT2D eigenvalue weighted by molar-refractivity contribution is 5.53. The minimum atomic E-state index is 0.579. The lowest BCUT2D eigenvalue weighted by Crippen LogP contribution is -2.17. The molecule has 0 bridgehead atoms. The van der Waals surface area contributed by atoms with E-state index in [1.165, 1.54) is 5.56 Å². The number of nitrogens with zero attached hydrogens (tertiary/aromatic N) is 3. The van der Waals surface area contributed by atoms with Crippen molar-refractivity contribution >= 4 is 0 Å². The average molecular weight is 326 g/mol. The van der Waals surface area contributed by atoms with Crippen LogP contribution in [0, 0.1) is 13.8 Å². The third kappa shape index (κ3) is 3.71. The molecule has 0 radical (unpaired) electrons. The smallest absolute Gasteiger partial charge is 0.257 e. The minimum absolute atomic E-state index is 0.579. The van der Waals surface area contributed by atoms with Crippen LogP contribution in [0.25, 0.3) is 11.5 Å². The van der Waals surface area contributed by atoms with E-state index in [4.69, 9.17) is 9.05 Å². The standard InChI is InChI=1S/C18H22N4O2/c1-4-17-20-18(24-22-17)15-7-5-14(6-8-15)9-10-19-11-16-12(2)21-23-13(16)3/h5-8,19H,4,9-11H2,1-3H3. The summed E-state index contributed by atoms with van der Waals surface area (Å²) in [5.41, 5.74) is 4.32. The number of benzene rings is 1. The number of hydrogen-bond acceptors (Lipinski definition) is 6. The molecule has 0 aliphatic carbocycles. The molecule has 0 aliphatic rings. The van der Waals surface area contributed by atoms with E-state index in [-0.39, 0.29) is 0 Å². The quantitative estimate of drug-likeness (QED) is 0.672. The van der Waals surface area contributed by atoms with Gasteiger partial charge >= 0.3 is 0 Å². The van der Waals surface area contributed by atoms with Crippen LogP contribution in [0.4, 0.5) is 0 Å². The molecule has 1 aromatic carbocycles. The number of hydrogen-bond donors (Lipinski definition) is 1. The average Bonchev–Trinajstić information content (AvgIpc) is 3.20. The fourth-order valence-electron chi connectivity index (χ4n) is 2.53. The van der Waals surface area contributed by atoms with Crippen LogP contribution in [0.1, 0.15) is 35.3 Å². The van der Waals surface area contributed by atoms with Gasteiger partial charge in [0.25, 0.3) is 5.89 Å². The van der Waals surface area contributed by atoms with Gasteiger partial charge in [0.2, 0.25) is 0 Å². The predicted molar refractivity (Wildman–Crippen MR) is 90.5 cm³/mol. The van der Waals surface area contributed by atoms with Crippen molar-refractivity contribution < 1.29 is 9.05 Å². The molecule has 0 atom stereocenters. The van der Waals surface area contributed by atoms with Crippen LogP contribution in [-0.2, 0) is 19.4 Å². The number of aromatic nitrogens is 3. The summed E-state index contributed by atoms with van der Waals surface area (Å²) in [5.74, 6) is 2.20. The second-order valence-corrected chi connectivity index (χ2v) is 5.80. The van der Waals surface area contributed by atoms with Crippen LogP contribution in [0.3, 0.4) is 0 Å². The van der Waals surface area contributed by atoms with E-state index in [0.717, 1.165) is 54.3 Å². The molecule has 3 rings (SSSR count). The highest BCUT2D eigenvalue weighted by Gasteiger charge is 2.09. The van der Waals surface area contributed by atoms with E-state index in [2.05, 4.69) is 32.7 Å². The first-order valence-corrected chi connectivity index (χ1v) is 8.21. The van der Waals surface area contributed by atoms with Gasteiger partial charge in [0.15, 0.2) is 5.82 Å². The van der Waals surface area contributed by atoms with Gasteiger partial charge in [-0.05, 0) is 44.5 Å². The van der Waals surface area contributed by atoms with Crippen LogP contribution in [0.15, 0.2) is 33.3 Å². The third-order valence-electron chi connectivity index (χ3n) is 4.06. The summed E-state index contributed by atoms with van der Waals surface area (Å²) in [4.78, 5) is 4.34. The van der Waals surface area contributed by atoms with Crippen molar-refractivity contribution in [2.75, 3.05) is 6.54 Å². The molecule has 0 aliphatic heterocycles. The van der Waals surface area contributed by atoms with Crippen LogP contribution < -0.4 is 5.32 Å². The maximum atomic E-state index is 5.26. The monoisotopic (exact) mass is 326 g/mol. The van der Waals surface area contributed by atoms with E-state index in [0.29, 0.717) is 5.89 Å². The summed E-state index contributed by atoms with van der Waals surface area (Å²) in [5, 5.41) is 11.3. The van der Waals surface area contributed by atoms with Crippen molar-refractivity contribution in [1.82, 2.24) is 20.6 Å². The molecule has 0 spiro atoms. The van der Waals surface area contributed by atoms with Crippen molar-refractivity contribution in [2.24, 2.45) is 0 Å². The van der Waals surface area contributed by atoms with Gasteiger partial charge in [0.1, 0.15) is 5.76 Å². The molecule has 0 saturated heterocycles. The summed E-state index contributed by atoms with van der Waals surface area (Å²) in [7, 11) is 0. The first kappa shape index (κ1) is 16.4. The molecular weight excluding hydrogens is 304 g/mol. The van der Waals surface area contributed by atoms with Gasteiger partial charge in [-0.25, -0.2) is 0 Å². The molecule has 2 heterocycles. The zero-order chi connectivity index (χ0) is 16.9. The largest absolute Gasteiger partial charge is 0.361 e. The lowest BCUT2D eigenvalue weighted by Gasteiger charge is -2.05. The maximum absolute atomic E-state index is 5.26.